The molecule has 1 aromatic heterocycles. The van der Waals surface area contributed by atoms with Gasteiger partial charge in [-0.05, 0) is 12.8 Å². The lowest BCUT2D eigenvalue weighted by Crippen LogP contribution is -2.30. The zero-order valence-corrected chi connectivity index (χ0v) is 9.37. The predicted molar refractivity (Wildman–Crippen MR) is 54.8 cm³/mol. The highest BCUT2D eigenvalue weighted by atomic mass is 16.5. The highest BCUT2D eigenvalue weighted by molar-refractivity contribution is 4.85. The van der Waals surface area contributed by atoms with Crippen molar-refractivity contribution in [2.24, 2.45) is 5.92 Å². The fourth-order valence-electron chi connectivity index (χ4n) is 0.990. The Bertz CT molecular complexity index is 270. The molecule has 1 N–H and O–H groups in total. The number of aromatic nitrogens is 2. The van der Waals surface area contributed by atoms with Gasteiger partial charge in [0.2, 0.25) is 5.89 Å². The van der Waals surface area contributed by atoms with E-state index in [4.69, 9.17) is 4.52 Å². The first-order chi connectivity index (χ1) is 6.63. The quantitative estimate of drug-likeness (QED) is 0.781. The number of aryl methyl sites for hydroxylation is 1. The first kappa shape index (κ1) is 11.2. The summed E-state index contributed by atoms with van der Waals surface area (Å²) in [5.74, 6) is 2.07. The first-order valence-electron chi connectivity index (χ1n) is 5.18. The SMILES string of the molecule is CCc1noc(CN[C@H](C)C(C)C)n1. The maximum absolute atomic E-state index is 5.06. The van der Waals surface area contributed by atoms with E-state index < -0.39 is 0 Å². The van der Waals surface area contributed by atoms with Crippen LogP contribution in [0.2, 0.25) is 0 Å². The van der Waals surface area contributed by atoms with Crippen LogP contribution in [0.5, 0.6) is 0 Å². The molecule has 0 fully saturated rings. The highest BCUT2D eigenvalue weighted by Gasteiger charge is 2.09. The van der Waals surface area contributed by atoms with Gasteiger partial charge in [-0.3, -0.25) is 0 Å². The summed E-state index contributed by atoms with van der Waals surface area (Å²) in [5, 5.41) is 7.17. The van der Waals surface area contributed by atoms with E-state index in [9.17, 15) is 0 Å². The molecule has 1 heterocycles. The highest BCUT2D eigenvalue weighted by Crippen LogP contribution is 2.02. The summed E-state index contributed by atoms with van der Waals surface area (Å²) in [6.45, 7) is 9.19. The van der Waals surface area contributed by atoms with Crippen LogP contribution in [-0.4, -0.2) is 16.2 Å². The first-order valence-corrected chi connectivity index (χ1v) is 5.18. The van der Waals surface area contributed by atoms with Crippen molar-refractivity contribution in [2.45, 2.75) is 46.7 Å². The van der Waals surface area contributed by atoms with Crippen LogP contribution in [0.4, 0.5) is 0 Å². The van der Waals surface area contributed by atoms with Crippen LogP contribution in [0.3, 0.4) is 0 Å². The summed E-state index contributed by atoms with van der Waals surface area (Å²) in [7, 11) is 0. The second-order valence-electron chi connectivity index (χ2n) is 3.87. The summed E-state index contributed by atoms with van der Waals surface area (Å²) in [6, 6.07) is 0.465. The Labute approximate surface area is 85.1 Å². The molecule has 14 heavy (non-hydrogen) atoms. The van der Waals surface area contributed by atoms with E-state index in [1.165, 1.54) is 0 Å². The molecule has 0 saturated heterocycles. The van der Waals surface area contributed by atoms with E-state index in [0.29, 0.717) is 24.4 Å². The number of nitrogens with zero attached hydrogens (tertiary/aromatic N) is 2. The van der Waals surface area contributed by atoms with E-state index in [2.05, 4.69) is 36.2 Å². The average Bonchev–Trinajstić information content (AvgIpc) is 2.61. The molecule has 1 aromatic rings. The van der Waals surface area contributed by atoms with Crippen molar-refractivity contribution in [3.05, 3.63) is 11.7 Å². The Balaban J connectivity index is 2.37. The fraction of sp³-hybridized carbons (Fsp3) is 0.800. The molecule has 0 bridgehead atoms. The molecule has 0 aliphatic rings. The molecule has 0 aromatic carbocycles. The lowest BCUT2D eigenvalue weighted by molar-refractivity contribution is 0.340. The normalized spacial score (nSPS) is 13.5. The van der Waals surface area contributed by atoms with Gasteiger partial charge in [0.05, 0.1) is 6.54 Å². The molecule has 0 amide bonds. The van der Waals surface area contributed by atoms with Crippen molar-refractivity contribution in [1.82, 2.24) is 15.5 Å². The van der Waals surface area contributed by atoms with Gasteiger partial charge in [0.1, 0.15) is 0 Å². The van der Waals surface area contributed by atoms with Crippen LogP contribution in [0, 0.1) is 5.92 Å². The molecule has 0 aliphatic heterocycles. The van der Waals surface area contributed by atoms with E-state index in [1.54, 1.807) is 0 Å². The van der Waals surface area contributed by atoms with Crippen molar-refractivity contribution in [3.8, 4) is 0 Å². The van der Waals surface area contributed by atoms with Gasteiger partial charge in [-0.15, -0.1) is 0 Å². The summed E-state index contributed by atoms with van der Waals surface area (Å²) in [4.78, 5) is 4.22. The van der Waals surface area contributed by atoms with Gasteiger partial charge in [0.25, 0.3) is 0 Å². The molecule has 0 spiro atoms. The van der Waals surface area contributed by atoms with Gasteiger partial charge in [0.15, 0.2) is 5.82 Å². The molecule has 0 aliphatic carbocycles. The minimum atomic E-state index is 0.465. The topological polar surface area (TPSA) is 51.0 Å². The Morgan fingerprint density at radius 1 is 1.36 bits per heavy atom. The second-order valence-corrected chi connectivity index (χ2v) is 3.87. The second kappa shape index (κ2) is 5.10. The van der Waals surface area contributed by atoms with Gasteiger partial charge in [-0.1, -0.05) is 25.9 Å². The Morgan fingerprint density at radius 2 is 2.07 bits per heavy atom. The molecule has 0 unspecified atom stereocenters. The maximum atomic E-state index is 5.06. The number of hydrogen-bond acceptors (Lipinski definition) is 4. The van der Waals surface area contributed by atoms with Crippen LogP contribution in [0.1, 0.15) is 39.4 Å². The van der Waals surface area contributed by atoms with Crippen LogP contribution >= 0.6 is 0 Å². The van der Waals surface area contributed by atoms with E-state index >= 15 is 0 Å². The molecule has 1 atom stereocenters. The van der Waals surface area contributed by atoms with Gasteiger partial charge in [-0.2, -0.15) is 4.98 Å². The smallest absolute Gasteiger partial charge is 0.240 e. The molecule has 4 heteroatoms. The molecule has 1 rings (SSSR count). The monoisotopic (exact) mass is 197 g/mol. The third-order valence-electron chi connectivity index (χ3n) is 2.40. The van der Waals surface area contributed by atoms with Crippen LogP contribution < -0.4 is 5.32 Å². The largest absolute Gasteiger partial charge is 0.338 e. The van der Waals surface area contributed by atoms with Gasteiger partial charge < -0.3 is 9.84 Å². The minimum Gasteiger partial charge on any atom is -0.338 e. The third-order valence-corrected chi connectivity index (χ3v) is 2.40. The molecule has 4 nitrogen and oxygen atoms in total. The van der Waals surface area contributed by atoms with Crippen LogP contribution in [-0.2, 0) is 13.0 Å². The van der Waals surface area contributed by atoms with Crippen molar-refractivity contribution in [1.29, 1.82) is 0 Å². The van der Waals surface area contributed by atoms with Crippen molar-refractivity contribution < 1.29 is 4.52 Å². The Kier molecular flexibility index (Phi) is 4.07. The third kappa shape index (κ3) is 3.10. The molecule has 0 radical (unpaired) electrons. The van der Waals surface area contributed by atoms with Crippen LogP contribution in [0.15, 0.2) is 4.52 Å². The fourth-order valence-corrected chi connectivity index (χ4v) is 0.990. The number of hydrogen-bond donors (Lipinski definition) is 1. The summed E-state index contributed by atoms with van der Waals surface area (Å²) >= 11 is 0. The van der Waals surface area contributed by atoms with Gasteiger partial charge in [-0.25, -0.2) is 0 Å². The van der Waals surface area contributed by atoms with E-state index in [1.807, 2.05) is 6.92 Å². The summed E-state index contributed by atoms with van der Waals surface area (Å²) < 4.78 is 5.06. The zero-order chi connectivity index (χ0) is 10.6. The van der Waals surface area contributed by atoms with Gasteiger partial charge >= 0.3 is 0 Å². The molecular weight excluding hydrogens is 178 g/mol. The van der Waals surface area contributed by atoms with Crippen molar-refractivity contribution in [2.75, 3.05) is 0 Å². The Hall–Kier alpha value is -0.900. The van der Waals surface area contributed by atoms with E-state index in [0.717, 1.165) is 12.2 Å². The molecule has 0 saturated carbocycles. The molecular formula is C10H19N3O. The standard InChI is InChI=1S/C10H19N3O/c1-5-9-12-10(14-13-9)6-11-8(4)7(2)3/h7-8,11H,5-6H2,1-4H3/t8-/m1/s1. The van der Waals surface area contributed by atoms with Crippen molar-refractivity contribution in [3.63, 3.8) is 0 Å². The maximum Gasteiger partial charge on any atom is 0.240 e. The minimum absolute atomic E-state index is 0.465. The zero-order valence-electron chi connectivity index (χ0n) is 9.37. The summed E-state index contributed by atoms with van der Waals surface area (Å²) in [5.41, 5.74) is 0. The average molecular weight is 197 g/mol. The Morgan fingerprint density at radius 3 is 2.57 bits per heavy atom. The van der Waals surface area contributed by atoms with E-state index in [-0.39, 0.29) is 0 Å². The van der Waals surface area contributed by atoms with Crippen LogP contribution in [0.25, 0.3) is 0 Å². The van der Waals surface area contributed by atoms with Crippen molar-refractivity contribution >= 4 is 0 Å². The summed E-state index contributed by atoms with van der Waals surface area (Å²) in [6.07, 6.45) is 0.823. The number of rotatable bonds is 5. The molecule has 80 valence electrons. The lowest BCUT2D eigenvalue weighted by Gasteiger charge is -2.15. The predicted octanol–water partition coefficient (Wildman–Crippen LogP) is 1.77. The van der Waals surface area contributed by atoms with Gasteiger partial charge in [0, 0.05) is 12.5 Å². The lowest BCUT2D eigenvalue weighted by atomic mass is 10.1. The number of nitrogens with one attached hydrogen (secondary N) is 1.